The number of hydrogen-bond donors (Lipinski definition) is 2. The van der Waals surface area contributed by atoms with Gasteiger partial charge in [-0.3, -0.25) is 4.79 Å². The minimum absolute atomic E-state index is 0.00918. The van der Waals surface area contributed by atoms with Crippen molar-refractivity contribution in [2.45, 2.75) is 25.4 Å². The standard InChI is InChI=1S/C16H22N4OS/c1-12(2)8-9-18-15(21)11-22-16-19-14(10-20(16)17)13-6-4-3-5-7-13/h3-7,10,12H,8-9,11,17H2,1-2H3,(H,18,21). The lowest BCUT2D eigenvalue weighted by atomic mass is 10.1. The summed E-state index contributed by atoms with van der Waals surface area (Å²) in [5, 5.41) is 3.54. The molecule has 5 nitrogen and oxygen atoms in total. The highest BCUT2D eigenvalue weighted by molar-refractivity contribution is 7.99. The van der Waals surface area contributed by atoms with Crippen molar-refractivity contribution in [3.8, 4) is 11.3 Å². The molecule has 2 aromatic rings. The van der Waals surface area contributed by atoms with Crippen LogP contribution in [0.25, 0.3) is 11.3 Å². The maximum atomic E-state index is 11.8. The molecular formula is C16H22N4OS. The van der Waals surface area contributed by atoms with Gasteiger partial charge in [0.05, 0.1) is 17.6 Å². The lowest BCUT2D eigenvalue weighted by Crippen LogP contribution is -2.27. The van der Waals surface area contributed by atoms with E-state index in [0.717, 1.165) is 17.7 Å². The molecule has 0 spiro atoms. The molecule has 2 rings (SSSR count). The number of rotatable bonds is 7. The number of aromatic nitrogens is 2. The van der Waals surface area contributed by atoms with Crippen LogP contribution < -0.4 is 11.2 Å². The Morgan fingerprint density at radius 3 is 2.77 bits per heavy atom. The lowest BCUT2D eigenvalue weighted by Gasteiger charge is -2.06. The second-order valence-corrected chi connectivity index (χ2v) is 6.45. The molecule has 0 saturated carbocycles. The maximum Gasteiger partial charge on any atom is 0.230 e. The fourth-order valence-corrected chi connectivity index (χ4v) is 2.64. The molecule has 0 radical (unpaired) electrons. The number of nitrogens with one attached hydrogen (secondary N) is 1. The molecule has 0 bridgehead atoms. The van der Waals surface area contributed by atoms with Crippen LogP contribution in [0.4, 0.5) is 0 Å². The molecule has 0 aliphatic rings. The summed E-state index contributed by atoms with van der Waals surface area (Å²) in [6.07, 6.45) is 2.76. The van der Waals surface area contributed by atoms with E-state index < -0.39 is 0 Å². The molecule has 1 aromatic carbocycles. The number of nitrogens with two attached hydrogens (primary N) is 1. The van der Waals surface area contributed by atoms with E-state index in [1.54, 1.807) is 6.20 Å². The number of nitrogens with zero attached hydrogens (tertiary/aromatic N) is 2. The van der Waals surface area contributed by atoms with Gasteiger partial charge in [0.1, 0.15) is 0 Å². The van der Waals surface area contributed by atoms with Crippen LogP contribution in [0, 0.1) is 5.92 Å². The number of amides is 1. The first-order valence-corrected chi connectivity index (χ1v) is 8.34. The van der Waals surface area contributed by atoms with E-state index in [9.17, 15) is 4.79 Å². The molecule has 0 saturated heterocycles. The fourth-order valence-electron chi connectivity index (χ4n) is 1.91. The Morgan fingerprint density at radius 1 is 1.36 bits per heavy atom. The van der Waals surface area contributed by atoms with E-state index in [4.69, 9.17) is 5.84 Å². The highest BCUT2D eigenvalue weighted by Crippen LogP contribution is 2.22. The Balaban J connectivity index is 1.88. The topological polar surface area (TPSA) is 72.9 Å². The van der Waals surface area contributed by atoms with Gasteiger partial charge < -0.3 is 11.2 Å². The normalized spacial score (nSPS) is 10.9. The predicted octanol–water partition coefficient (Wildman–Crippen LogP) is 2.52. The lowest BCUT2D eigenvalue weighted by molar-refractivity contribution is -0.118. The first-order chi connectivity index (χ1) is 10.6. The van der Waals surface area contributed by atoms with Crippen molar-refractivity contribution >= 4 is 17.7 Å². The van der Waals surface area contributed by atoms with Crippen LogP contribution >= 0.6 is 11.8 Å². The monoisotopic (exact) mass is 318 g/mol. The number of carbonyl (C=O) groups excluding carboxylic acids is 1. The maximum absolute atomic E-state index is 11.8. The van der Waals surface area contributed by atoms with Crippen molar-refractivity contribution < 1.29 is 4.79 Å². The van der Waals surface area contributed by atoms with Crippen molar-refractivity contribution in [1.82, 2.24) is 15.0 Å². The molecule has 22 heavy (non-hydrogen) atoms. The molecule has 0 unspecified atom stereocenters. The van der Waals surface area contributed by atoms with Crippen LogP contribution in [0.5, 0.6) is 0 Å². The summed E-state index contributed by atoms with van der Waals surface area (Å²) in [5.41, 5.74) is 1.82. The van der Waals surface area contributed by atoms with Gasteiger partial charge in [0.2, 0.25) is 5.91 Å². The molecule has 0 aliphatic heterocycles. The van der Waals surface area contributed by atoms with Gasteiger partial charge in [-0.2, -0.15) is 0 Å². The molecule has 1 heterocycles. The second-order valence-electron chi connectivity index (χ2n) is 5.50. The summed E-state index contributed by atoms with van der Waals surface area (Å²) in [5.74, 6) is 6.82. The molecular weight excluding hydrogens is 296 g/mol. The van der Waals surface area contributed by atoms with Crippen LogP contribution in [0.2, 0.25) is 0 Å². The Hall–Kier alpha value is -1.95. The Kier molecular flexibility index (Phi) is 5.89. The Morgan fingerprint density at radius 2 is 2.09 bits per heavy atom. The van der Waals surface area contributed by atoms with Crippen molar-refractivity contribution in [3.63, 3.8) is 0 Å². The number of nitrogen functional groups attached to an aromatic ring is 1. The van der Waals surface area contributed by atoms with Crippen LogP contribution in [0.15, 0.2) is 41.7 Å². The SMILES string of the molecule is CC(C)CCNC(=O)CSc1nc(-c2ccccc2)cn1N. The number of benzene rings is 1. The van der Waals surface area contributed by atoms with E-state index in [2.05, 4.69) is 24.1 Å². The summed E-state index contributed by atoms with van der Waals surface area (Å²) in [6.45, 7) is 4.98. The van der Waals surface area contributed by atoms with Crippen LogP contribution in [-0.4, -0.2) is 27.9 Å². The van der Waals surface area contributed by atoms with E-state index in [1.807, 2.05) is 30.3 Å². The molecule has 6 heteroatoms. The minimum atomic E-state index is 0.00918. The van der Waals surface area contributed by atoms with E-state index in [-0.39, 0.29) is 5.91 Å². The summed E-state index contributed by atoms with van der Waals surface area (Å²) in [7, 11) is 0. The summed E-state index contributed by atoms with van der Waals surface area (Å²) >= 11 is 1.34. The van der Waals surface area contributed by atoms with Crippen molar-refractivity contribution in [2.24, 2.45) is 5.92 Å². The number of hydrogen-bond acceptors (Lipinski definition) is 4. The zero-order valence-electron chi connectivity index (χ0n) is 13.0. The first kappa shape index (κ1) is 16.4. The molecule has 0 aliphatic carbocycles. The van der Waals surface area contributed by atoms with Gasteiger partial charge in [-0.1, -0.05) is 55.9 Å². The molecule has 3 N–H and O–H groups in total. The van der Waals surface area contributed by atoms with Gasteiger partial charge in [-0.05, 0) is 12.3 Å². The van der Waals surface area contributed by atoms with Gasteiger partial charge in [0.15, 0.2) is 5.16 Å². The zero-order valence-corrected chi connectivity index (χ0v) is 13.8. The van der Waals surface area contributed by atoms with Crippen molar-refractivity contribution in [3.05, 3.63) is 36.5 Å². The van der Waals surface area contributed by atoms with Gasteiger partial charge in [-0.25, -0.2) is 9.66 Å². The average Bonchev–Trinajstić information content (AvgIpc) is 2.87. The largest absolute Gasteiger partial charge is 0.355 e. The summed E-state index contributed by atoms with van der Waals surface area (Å²) in [4.78, 5) is 16.3. The molecule has 0 atom stereocenters. The number of carbonyl (C=O) groups is 1. The average molecular weight is 318 g/mol. The minimum Gasteiger partial charge on any atom is -0.355 e. The smallest absolute Gasteiger partial charge is 0.230 e. The number of imidazole rings is 1. The first-order valence-electron chi connectivity index (χ1n) is 7.35. The second kappa shape index (κ2) is 7.89. The molecule has 1 aromatic heterocycles. The number of thioether (sulfide) groups is 1. The van der Waals surface area contributed by atoms with Crippen LogP contribution in [0.3, 0.4) is 0 Å². The molecule has 118 valence electrons. The summed E-state index contributed by atoms with van der Waals surface area (Å²) in [6, 6.07) is 9.84. The van der Waals surface area contributed by atoms with E-state index in [0.29, 0.717) is 23.4 Å². The molecule has 0 fully saturated rings. The van der Waals surface area contributed by atoms with Gasteiger partial charge >= 0.3 is 0 Å². The third-order valence-corrected chi connectivity index (χ3v) is 4.11. The van der Waals surface area contributed by atoms with Crippen molar-refractivity contribution in [1.29, 1.82) is 0 Å². The van der Waals surface area contributed by atoms with Crippen LogP contribution in [-0.2, 0) is 4.79 Å². The Labute approximate surface area is 135 Å². The van der Waals surface area contributed by atoms with Crippen LogP contribution in [0.1, 0.15) is 20.3 Å². The van der Waals surface area contributed by atoms with Gasteiger partial charge in [0, 0.05) is 12.1 Å². The summed E-state index contributed by atoms with van der Waals surface area (Å²) < 4.78 is 1.47. The Bertz CT molecular complexity index is 610. The van der Waals surface area contributed by atoms with Crippen molar-refractivity contribution in [2.75, 3.05) is 18.1 Å². The van der Waals surface area contributed by atoms with Gasteiger partial charge in [0.25, 0.3) is 0 Å². The van der Waals surface area contributed by atoms with E-state index >= 15 is 0 Å². The molecule has 1 amide bonds. The highest BCUT2D eigenvalue weighted by atomic mass is 32.2. The zero-order chi connectivity index (χ0) is 15.9. The van der Waals surface area contributed by atoms with Gasteiger partial charge in [-0.15, -0.1) is 0 Å². The third-order valence-electron chi connectivity index (χ3n) is 3.14. The van der Waals surface area contributed by atoms with E-state index in [1.165, 1.54) is 16.4 Å². The highest BCUT2D eigenvalue weighted by Gasteiger charge is 2.10. The fraction of sp³-hybridized carbons (Fsp3) is 0.375. The third kappa shape index (κ3) is 4.80. The predicted molar refractivity (Wildman–Crippen MR) is 91.0 cm³/mol. The quantitative estimate of drug-likeness (QED) is 0.608.